The zero-order chi connectivity index (χ0) is 70.6. The average Bonchev–Trinajstić information content (AvgIpc) is 1.74. The van der Waals surface area contributed by atoms with Gasteiger partial charge in [-0.1, -0.05) is 71.7 Å². The quantitative estimate of drug-likeness (QED) is 0.0626. The largest absolute Gasteiger partial charge is 0.493 e. The molecule has 1 unspecified atom stereocenters. The van der Waals surface area contributed by atoms with Gasteiger partial charge in [-0.05, 0) is 158 Å². The van der Waals surface area contributed by atoms with Gasteiger partial charge in [0.1, 0.15) is 22.7 Å². The van der Waals surface area contributed by atoms with E-state index in [1.54, 1.807) is 26.4 Å². The lowest BCUT2D eigenvalue weighted by molar-refractivity contribution is 0.0110. The van der Waals surface area contributed by atoms with Crippen LogP contribution in [0.15, 0.2) is 108 Å². The SMILES string of the molecule is CC(C)(C)OC(=O)NC1CCNC1.CS(=O)(=O)Nc1ccc(Cl)cc1C(=O)Cl.Cc1c(O)n2nc([C@@H]3Cc4ccccc4CN3C(=O)OC(C)(C)C)cc2[nH]c1=O.Cc1cn2nc([C@@H]3Cc4ccccc4CN3C(=O)c3cc(Cl)ccc3NS(C)(=O)=O)cc2nc1N1CC[C@H](N)C1. The highest BCUT2D eigenvalue weighted by Crippen LogP contribution is 2.38. The van der Waals surface area contributed by atoms with Crippen LogP contribution < -0.4 is 36.3 Å². The number of alkyl carbamates (subject to hydrolysis) is 1. The van der Waals surface area contributed by atoms with Gasteiger partial charge in [-0.25, -0.2) is 35.9 Å². The molecule has 4 aliphatic rings. The van der Waals surface area contributed by atoms with E-state index in [0.29, 0.717) is 58.7 Å². The van der Waals surface area contributed by atoms with Gasteiger partial charge >= 0.3 is 12.2 Å². The summed E-state index contributed by atoms with van der Waals surface area (Å²) in [5.41, 5.74) is 13.1. The number of aromatic hydroxyl groups is 1. The molecule has 12 rings (SSSR count). The summed E-state index contributed by atoms with van der Waals surface area (Å²) in [5.74, 6) is 0.334. The number of anilines is 3. The number of nitrogens with one attached hydrogen (secondary N) is 5. The smallest absolute Gasteiger partial charge is 0.411 e. The predicted molar refractivity (Wildman–Crippen MR) is 373 cm³/mol. The van der Waals surface area contributed by atoms with Crippen molar-refractivity contribution in [1.82, 2.24) is 49.6 Å². The van der Waals surface area contributed by atoms with Crippen LogP contribution in [0, 0.1) is 13.8 Å². The molecule has 0 radical (unpaired) electrons. The summed E-state index contributed by atoms with van der Waals surface area (Å²) in [6.07, 6.45) is 6.25. The number of aromatic amines is 1. The molecule has 0 aliphatic carbocycles. The Hall–Kier alpha value is -8.51. The Morgan fingerprint density at radius 1 is 0.722 bits per heavy atom. The summed E-state index contributed by atoms with van der Waals surface area (Å²) in [5, 5.41) is 25.5. The number of nitrogens with zero attached hydrogens (tertiary/aromatic N) is 8. The Labute approximate surface area is 577 Å². The Balaban J connectivity index is 0.000000168. The third-order valence-corrected chi connectivity index (χ3v) is 17.7. The monoisotopic (exact) mass is 1430 g/mol. The fraction of sp³-hybridized carbons (Fsp3) is 0.394. The molecule has 0 spiro atoms. The predicted octanol–water partition coefficient (Wildman–Crippen LogP) is 9.57. The van der Waals surface area contributed by atoms with Crippen molar-refractivity contribution in [2.45, 2.75) is 130 Å². The molecule has 26 nitrogen and oxygen atoms in total. The lowest BCUT2D eigenvalue weighted by Gasteiger charge is -2.37. The molecule has 97 heavy (non-hydrogen) atoms. The highest BCUT2D eigenvalue weighted by molar-refractivity contribution is 7.92. The summed E-state index contributed by atoms with van der Waals surface area (Å²) < 4.78 is 64.4. The molecule has 518 valence electrons. The maximum Gasteiger partial charge on any atom is 0.411 e. The minimum Gasteiger partial charge on any atom is -0.493 e. The number of fused-ring (bicyclic) bond motifs is 4. The second kappa shape index (κ2) is 29.7. The van der Waals surface area contributed by atoms with Crippen LogP contribution in [0.1, 0.15) is 132 Å². The number of nitrogens with two attached hydrogens (primary N) is 1. The molecule has 0 saturated carbocycles. The second-order valence-corrected chi connectivity index (χ2v) is 30.9. The third kappa shape index (κ3) is 19.0. The van der Waals surface area contributed by atoms with E-state index in [-0.39, 0.29) is 69.6 Å². The van der Waals surface area contributed by atoms with Crippen molar-refractivity contribution < 1.29 is 50.6 Å². The molecule has 8 aromatic rings. The molecule has 2 fully saturated rings. The maximum absolute atomic E-state index is 14.1. The summed E-state index contributed by atoms with van der Waals surface area (Å²) in [7, 11) is -7.08. The van der Waals surface area contributed by atoms with Crippen LogP contribution in [0.2, 0.25) is 10.0 Å². The lowest BCUT2D eigenvalue weighted by Crippen LogP contribution is -2.42. The van der Waals surface area contributed by atoms with Gasteiger partial charge in [-0.15, -0.1) is 0 Å². The first-order valence-electron chi connectivity index (χ1n) is 31.0. The Kier molecular flexibility index (Phi) is 22.3. The lowest BCUT2D eigenvalue weighted by atomic mass is 9.91. The molecule has 8 heterocycles. The normalized spacial score (nSPS) is 17.7. The molecule has 8 N–H and O–H groups in total. The summed E-state index contributed by atoms with van der Waals surface area (Å²) in [4.78, 5) is 74.5. The van der Waals surface area contributed by atoms with Gasteiger partial charge in [0, 0.05) is 78.7 Å². The number of sulfonamides is 2. The van der Waals surface area contributed by atoms with E-state index in [9.17, 15) is 45.9 Å². The number of aryl methyl sites for hydroxylation is 1. The van der Waals surface area contributed by atoms with E-state index in [4.69, 9.17) is 60.1 Å². The number of halogens is 3. The van der Waals surface area contributed by atoms with E-state index in [0.717, 1.165) is 85.2 Å². The van der Waals surface area contributed by atoms with Gasteiger partial charge in [0.25, 0.3) is 16.7 Å². The molecule has 4 aromatic carbocycles. The highest BCUT2D eigenvalue weighted by atomic mass is 35.5. The van der Waals surface area contributed by atoms with Crippen LogP contribution in [-0.4, -0.2) is 146 Å². The van der Waals surface area contributed by atoms with Gasteiger partial charge in [-0.3, -0.25) is 28.7 Å². The first kappa shape index (κ1) is 72.8. The Morgan fingerprint density at radius 3 is 1.80 bits per heavy atom. The van der Waals surface area contributed by atoms with E-state index in [2.05, 4.69) is 41.1 Å². The van der Waals surface area contributed by atoms with Crippen LogP contribution in [0.5, 0.6) is 5.88 Å². The minimum atomic E-state index is -3.63. The van der Waals surface area contributed by atoms with Gasteiger partial charge < -0.3 is 45.7 Å². The van der Waals surface area contributed by atoms with Crippen LogP contribution >= 0.6 is 34.8 Å². The molecule has 0 bridgehead atoms. The maximum atomic E-state index is 14.1. The van der Waals surface area contributed by atoms with E-state index in [1.165, 1.54) is 41.8 Å². The van der Waals surface area contributed by atoms with Crippen molar-refractivity contribution >= 4 is 107 Å². The molecule has 31 heteroatoms. The topological polar surface area (TPSA) is 339 Å². The van der Waals surface area contributed by atoms with Crippen LogP contribution in [0.3, 0.4) is 0 Å². The average molecular weight is 1430 g/mol. The summed E-state index contributed by atoms with van der Waals surface area (Å²) in [6.45, 7) is 18.8. The highest BCUT2D eigenvalue weighted by Gasteiger charge is 2.38. The van der Waals surface area contributed by atoms with Crippen molar-refractivity contribution in [3.05, 3.63) is 180 Å². The van der Waals surface area contributed by atoms with Gasteiger partial charge in [-0.2, -0.15) is 14.7 Å². The number of amides is 3. The molecular weight excluding hydrogens is 1350 g/mol. The number of rotatable bonds is 10. The van der Waals surface area contributed by atoms with Crippen molar-refractivity contribution in [3.63, 3.8) is 0 Å². The fourth-order valence-corrected chi connectivity index (χ4v) is 13.1. The number of carbonyl (C=O) groups excluding carboxylic acids is 4. The van der Waals surface area contributed by atoms with Gasteiger partial charge in [0.2, 0.25) is 25.9 Å². The third-order valence-electron chi connectivity index (χ3n) is 15.8. The standard InChI is InChI=1S/C28H30ClN7O3S.C21H24N4O4.C9H18N2O2.C8H7Cl2NO3S/c1-17-14-36-26(31-27(17)34-10-9-21(30)16-34)13-24(32-36)25-11-18-5-3-4-6-19(18)15-35(25)28(37)22-12-20(29)7-8-23(22)33-40(2,38)39;1-12-18(26)22-17-10-15(23-25(17)19(12)27)16-9-13-7-5-6-8-14(13)11-24(16)20(28)29-21(2,3)4;1-9(2,3)13-8(12)11-7-4-5-10-6-7;1-15(13,14)11-7-3-2-5(9)4-6(7)8(10)12/h3-8,12-14,21,25,33H,9-11,15-16,30H2,1-2H3;5-8,10,16,27H,9,11H2,1-4H3,(H,22,26);7,10H,4-6H2,1-3H3,(H,11,12);2-4,11H,1H3/t21-,25-;16-;;/m00../s1. The Bertz CT molecular complexity index is 4590. The van der Waals surface area contributed by atoms with Crippen LogP contribution in [0.25, 0.3) is 11.3 Å². The number of hydrogen-bond donors (Lipinski definition) is 7. The fourth-order valence-electron chi connectivity index (χ4n) is 11.4. The van der Waals surface area contributed by atoms with Crippen molar-refractivity contribution in [3.8, 4) is 5.88 Å². The van der Waals surface area contributed by atoms with Gasteiger partial charge in [0.05, 0.1) is 64.0 Å². The zero-order valence-corrected chi connectivity index (χ0v) is 59.1. The van der Waals surface area contributed by atoms with Crippen LogP contribution in [0.4, 0.5) is 26.8 Å². The van der Waals surface area contributed by atoms with E-state index >= 15 is 0 Å². The molecule has 2 saturated heterocycles. The van der Waals surface area contributed by atoms with Crippen molar-refractivity contribution in [1.29, 1.82) is 0 Å². The number of benzene rings is 4. The van der Waals surface area contributed by atoms with E-state index in [1.807, 2.05) is 103 Å². The number of aromatic nitrogens is 6. The summed E-state index contributed by atoms with van der Waals surface area (Å²) in [6, 6.07) is 27.8. The summed E-state index contributed by atoms with van der Waals surface area (Å²) >= 11 is 17.2. The molecule has 4 atom stereocenters. The number of carbonyl (C=O) groups is 4. The first-order valence-corrected chi connectivity index (χ1v) is 36.0. The van der Waals surface area contributed by atoms with Crippen LogP contribution in [-0.2, 0) is 55.5 Å². The Morgan fingerprint density at radius 2 is 1.27 bits per heavy atom. The number of H-pyrrole nitrogens is 1. The van der Waals surface area contributed by atoms with Gasteiger partial charge in [0.15, 0.2) is 5.65 Å². The zero-order valence-electron chi connectivity index (χ0n) is 55.2. The number of hydrogen-bond acceptors (Lipinski definition) is 18. The molecule has 3 amide bonds. The minimum absolute atomic E-state index is 0.0228. The molecule has 4 aromatic heterocycles. The first-order chi connectivity index (χ1) is 45.5. The molecular formula is C66H79Cl3N14O12S2. The van der Waals surface area contributed by atoms with E-state index < -0.39 is 48.6 Å². The second-order valence-electron chi connectivity index (χ2n) is 26.1. The van der Waals surface area contributed by atoms with Crippen molar-refractivity contribution in [2.75, 3.05) is 53.0 Å². The molecule has 4 aliphatic heterocycles. The van der Waals surface area contributed by atoms with Crippen molar-refractivity contribution in [2.24, 2.45) is 5.73 Å². The number of ether oxygens (including phenoxy) is 2.